The maximum atomic E-state index is 5.80. The molecule has 1 nitrogen and oxygen atoms in total. The first kappa shape index (κ1) is 15.7. The smallest absolute Gasteiger partial charge is 0.0717 e. The Morgan fingerprint density at radius 1 is 1.28 bits per heavy atom. The molecule has 1 aromatic rings. The van der Waals surface area contributed by atoms with Gasteiger partial charge in [0.15, 0.2) is 0 Å². The van der Waals surface area contributed by atoms with Crippen LogP contribution in [0.15, 0.2) is 30.3 Å². The third kappa shape index (κ3) is 5.53. The lowest BCUT2D eigenvalue weighted by Crippen LogP contribution is -2.22. The molecular weight excluding hydrogens is 288 g/mol. The van der Waals surface area contributed by atoms with Crippen molar-refractivity contribution in [2.45, 2.75) is 40.2 Å². The molecule has 0 amide bonds. The molecule has 0 saturated heterocycles. The van der Waals surface area contributed by atoms with Gasteiger partial charge >= 0.3 is 0 Å². The summed E-state index contributed by atoms with van der Waals surface area (Å²) in [6.45, 7) is 8.45. The lowest BCUT2D eigenvalue weighted by atomic mass is 9.81. The molecule has 0 heterocycles. The largest absolute Gasteiger partial charge is 0.376 e. The number of ether oxygens (including phenoxy) is 1. The maximum absolute atomic E-state index is 5.80. The molecule has 0 aliphatic rings. The van der Waals surface area contributed by atoms with Crippen LogP contribution >= 0.6 is 15.9 Å². The molecular formula is C16H25BrO. The van der Waals surface area contributed by atoms with Crippen LogP contribution in [0.2, 0.25) is 0 Å². The van der Waals surface area contributed by atoms with Crippen molar-refractivity contribution in [3.8, 4) is 0 Å². The zero-order valence-electron chi connectivity index (χ0n) is 11.8. The Morgan fingerprint density at radius 2 is 1.94 bits per heavy atom. The second-order valence-corrected chi connectivity index (χ2v) is 6.17. The van der Waals surface area contributed by atoms with Gasteiger partial charge in [-0.2, -0.15) is 0 Å². The molecule has 1 aromatic carbocycles. The molecule has 102 valence electrons. The highest BCUT2D eigenvalue weighted by molar-refractivity contribution is 9.09. The highest BCUT2D eigenvalue weighted by Gasteiger charge is 2.23. The summed E-state index contributed by atoms with van der Waals surface area (Å²) in [5, 5.41) is 1.07. The Labute approximate surface area is 120 Å². The molecule has 0 bridgehead atoms. The van der Waals surface area contributed by atoms with Gasteiger partial charge in [-0.3, -0.25) is 0 Å². The third-order valence-corrected chi connectivity index (χ3v) is 4.89. The van der Waals surface area contributed by atoms with Crippen molar-refractivity contribution in [1.82, 2.24) is 0 Å². The fourth-order valence-electron chi connectivity index (χ4n) is 2.15. The Balaban J connectivity index is 2.27. The lowest BCUT2D eigenvalue weighted by Gasteiger charge is -2.29. The molecule has 0 fully saturated rings. The minimum atomic E-state index is 0.398. The van der Waals surface area contributed by atoms with Gasteiger partial charge in [-0.1, -0.05) is 67.0 Å². The first-order valence-corrected chi connectivity index (χ1v) is 7.89. The van der Waals surface area contributed by atoms with E-state index in [0.29, 0.717) is 11.3 Å². The molecule has 0 radical (unpaired) electrons. The van der Waals surface area contributed by atoms with Crippen LogP contribution in [0, 0.1) is 11.3 Å². The number of hydrogen-bond donors (Lipinski definition) is 0. The number of benzene rings is 1. The molecule has 0 aromatic heterocycles. The van der Waals surface area contributed by atoms with Crippen molar-refractivity contribution in [1.29, 1.82) is 0 Å². The van der Waals surface area contributed by atoms with Gasteiger partial charge in [-0.25, -0.2) is 0 Å². The Morgan fingerprint density at radius 3 is 2.50 bits per heavy atom. The average Bonchev–Trinajstić information content (AvgIpc) is 2.40. The van der Waals surface area contributed by atoms with Crippen molar-refractivity contribution in [2.75, 3.05) is 11.9 Å². The monoisotopic (exact) mass is 312 g/mol. The Bertz CT molecular complexity index is 319. The van der Waals surface area contributed by atoms with Gasteiger partial charge in [0.05, 0.1) is 6.61 Å². The summed E-state index contributed by atoms with van der Waals surface area (Å²) in [6, 6.07) is 10.4. The molecule has 0 saturated carbocycles. The van der Waals surface area contributed by atoms with Crippen LogP contribution in [-0.4, -0.2) is 11.9 Å². The number of rotatable bonds is 8. The number of alkyl halides is 1. The maximum Gasteiger partial charge on any atom is 0.0717 e. The minimum Gasteiger partial charge on any atom is -0.376 e. The van der Waals surface area contributed by atoms with Crippen LogP contribution in [0.25, 0.3) is 0 Å². The predicted molar refractivity (Wildman–Crippen MR) is 82.1 cm³/mol. The third-order valence-electron chi connectivity index (χ3n) is 3.53. The summed E-state index contributed by atoms with van der Waals surface area (Å²) >= 11 is 3.62. The molecule has 18 heavy (non-hydrogen) atoms. The van der Waals surface area contributed by atoms with Crippen LogP contribution in [0.1, 0.15) is 39.2 Å². The second-order valence-electron chi connectivity index (χ2n) is 5.61. The summed E-state index contributed by atoms with van der Waals surface area (Å²) in [5.74, 6) is 0.608. The zero-order chi connectivity index (χ0) is 13.4. The molecule has 2 heteroatoms. The lowest BCUT2D eigenvalue weighted by molar-refractivity contribution is 0.0760. The van der Waals surface area contributed by atoms with Gasteiger partial charge in [0.25, 0.3) is 0 Å². The van der Waals surface area contributed by atoms with Crippen molar-refractivity contribution < 1.29 is 4.74 Å². The molecule has 0 aliphatic carbocycles. The van der Waals surface area contributed by atoms with E-state index in [1.165, 1.54) is 18.4 Å². The fourth-order valence-corrected chi connectivity index (χ4v) is 2.77. The van der Waals surface area contributed by atoms with E-state index in [-0.39, 0.29) is 0 Å². The van der Waals surface area contributed by atoms with Crippen LogP contribution in [-0.2, 0) is 11.3 Å². The van der Waals surface area contributed by atoms with E-state index >= 15 is 0 Å². The second kappa shape index (κ2) is 7.96. The van der Waals surface area contributed by atoms with Gasteiger partial charge in [0.1, 0.15) is 0 Å². The average molecular weight is 313 g/mol. The van der Waals surface area contributed by atoms with E-state index in [1.54, 1.807) is 0 Å². The van der Waals surface area contributed by atoms with E-state index in [9.17, 15) is 0 Å². The summed E-state index contributed by atoms with van der Waals surface area (Å²) in [5.41, 5.74) is 1.65. The molecule has 1 rings (SSSR count). The van der Waals surface area contributed by atoms with Gasteiger partial charge in [-0.05, 0) is 29.7 Å². The molecule has 0 N–H and O–H groups in total. The highest BCUT2D eigenvalue weighted by Crippen LogP contribution is 2.31. The van der Waals surface area contributed by atoms with Crippen LogP contribution in [0.4, 0.5) is 0 Å². The SMILES string of the molecule is CCC(C)(CBr)CC(C)COCc1ccccc1. The van der Waals surface area contributed by atoms with Crippen LogP contribution < -0.4 is 0 Å². The minimum absolute atomic E-state index is 0.398. The quantitative estimate of drug-likeness (QED) is 0.611. The molecule has 2 atom stereocenters. The fraction of sp³-hybridized carbons (Fsp3) is 0.625. The molecule has 2 unspecified atom stereocenters. The van der Waals surface area contributed by atoms with Crippen molar-refractivity contribution >= 4 is 15.9 Å². The van der Waals surface area contributed by atoms with E-state index < -0.39 is 0 Å². The Hall–Kier alpha value is -0.340. The van der Waals surface area contributed by atoms with Crippen molar-refractivity contribution in [3.05, 3.63) is 35.9 Å². The number of hydrogen-bond acceptors (Lipinski definition) is 1. The predicted octanol–water partition coefficient (Wildman–Crippen LogP) is 5.04. The highest BCUT2D eigenvalue weighted by atomic mass is 79.9. The first-order valence-electron chi connectivity index (χ1n) is 6.77. The standard InChI is InChI=1S/C16H25BrO/c1-4-16(3,13-17)10-14(2)11-18-12-15-8-6-5-7-9-15/h5-9,14H,4,10-13H2,1-3H3. The van der Waals surface area contributed by atoms with Crippen LogP contribution in [0.3, 0.4) is 0 Å². The summed E-state index contributed by atoms with van der Waals surface area (Å²) in [4.78, 5) is 0. The topological polar surface area (TPSA) is 9.23 Å². The zero-order valence-corrected chi connectivity index (χ0v) is 13.4. The molecule has 0 aliphatic heterocycles. The van der Waals surface area contributed by atoms with Gasteiger partial charge in [-0.15, -0.1) is 0 Å². The van der Waals surface area contributed by atoms with E-state index in [4.69, 9.17) is 4.74 Å². The van der Waals surface area contributed by atoms with Gasteiger partial charge in [0.2, 0.25) is 0 Å². The summed E-state index contributed by atoms with van der Waals surface area (Å²) < 4.78 is 5.80. The van der Waals surface area contributed by atoms with Crippen molar-refractivity contribution in [3.63, 3.8) is 0 Å². The first-order chi connectivity index (χ1) is 8.59. The van der Waals surface area contributed by atoms with Crippen molar-refractivity contribution in [2.24, 2.45) is 11.3 Å². The summed E-state index contributed by atoms with van der Waals surface area (Å²) in [6.07, 6.45) is 2.42. The summed E-state index contributed by atoms with van der Waals surface area (Å²) in [7, 11) is 0. The van der Waals surface area contributed by atoms with E-state index in [0.717, 1.165) is 18.5 Å². The van der Waals surface area contributed by atoms with E-state index in [1.807, 2.05) is 6.07 Å². The number of halogens is 1. The van der Waals surface area contributed by atoms with Gasteiger partial charge in [0, 0.05) is 11.9 Å². The normalized spacial score (nSPS) is 16.2. The molecule has 0 spiro atoms. The van der Waals surface area contributed by atoms with Crippen LogP contribution in [0.5, 0.6) is 0 Å². The van der Waals surface area contributed by atoms with Gasteiger partial charge < -0.3 is 4.74 Å². The Kier molecular flexibility index (Phi) is 6.95. The van der Waals surface area contributed by atoms with E-state index in [2.05, 4.69) is 61.0 Å².